The Morgan fingerprint density at radius 1 is 0.692 bits per heavy atom. The topological polar surface area (TPSA) is 17.1 Å². The molecule has 1 nitrogen and oxygen atoms in total. The predicted molar refractivity (Wildman–Crippen MR) is 117 cm³/mol. The van der Waals surface area contributed by atoms with Crippen molar-refractivity contribution in [3.8, 4) is 0 Å². The van der Waals surface area contributed by atoms with Gasteiger partial charge in [0, 0.05) is 0 Å². The van der Waals surface area contributed by atoms with E-state index in [1.807, 2.05) is 0 Å². The number of rotatable bonds is 19. The van der Waals surface area contributed by atoms with Gasteiger partial charge in [-0.2, -0.15) is 0 Å². The number of ketones is 1. The summed E-state index contributed by atoms with van der Waals surface area (Å²) >= 11 is -0.308. The second kappa shape index (κ2) is 18.2. The zero-order valence-corrected chi connectivity index (χ0v) is 19.9. The molecule has 0 saturated heterocycles. The summed E-state index contributed by atoms with van der Waals surface area (Å²) in [6, 6.07) is 0. The van der Waals surface area contributed by atoms with Gasteiger partial charge in [-0.15, -0.1) is 0 Å². The van der Waals surface area contributed by atoms with Crippen LogP contribution in [-0.4, -0.2) is 23.2 Å². The Balaban J connectivity index is 1.71. The maximum atomic E-state index is 11.9. The van der Waals surface area contributed by atoms with Crippen LogP contribution in [0.3, 0.4) is 0 Å². The standard InChI is InChI=1S/C24H42O.Ga/c1-4-6-7-8-9-10-11-12-13-14-15-16-17-18-19-20-21-22-24(25)23(3)5-2;/h2-3,5H,4,6-22H2,1H3;. The molecule has 26 heavy (non-hydrogen) atoms. The summed E-state index contributed by atoms with van der Waals surface area (Å²) in [5.41, 5.74) is 1.02. The van der Waals surface area contributed by atoms with Crippen LogP contribution in [0.4, 0.5) is 0 Å². The van der Waals surface area contributed by atoms with Crippen LogP contribution in [0.2, 0.25) is 0 Å². The zero-order chi connectivity index (χ0) is 18.7. The number of Topliss-reactive ketones (excluding diaryl/α,β-unsaturated/α-hetero) is 1. The third-order valence-corrected chi connectivity index (χ3v) is 7.52. The normalized spacial score (nSPS) is 13.0. The van der Waals surface area contributed by atoms with Gasteiger partial charge in [0.05, 0.1) is 0 Å². The molecule has 0 bridgehead atoms. The molecule has 147 valence electrons. The first-order valence-corrected chi connectivity index (χ1v) is 14.4. The minimum atomic E-state index is -0.308. The van der Waals surface area contributed by atoms with Gasteiger partial charge in [-0.25, -0.2) is 0 Å². The van der Waals surface area contributed by atoms with E-state index in [1.165, 1.54) is 103 Å². The van der Waals surface area contributed by atoms with Gasteiger partial charge in [-0.3, -0.25) is 0 Å². The summed E-state index contributed by atoms with van der Waals surface area (Å²) < 4.78 is 4.44. The minimum absolute atomic E-state index is 0.308. The van der Waals surface area contributed by atoms with Crippen molar-refractivity contribution in [2.45, 2.75) is 122 Å². The second-order valence-electron chi connectivity index (χ2n) is 8.00. The predicted octanol–water partition coefficient (Wildman–Crippen LogP) is 7.71. The van der Waals surface area contributed by atoms with Crippen molar-refractivity contribution in [1.82, 2.24) is 0 Å². The molecule has 0 atom stereocenters. The van der Waals surface area contributed by atoms with Crippen LogP contribution in [-0.2, 0) is 4.79 Å². The zero-order valence-electron chi connectivity index (χ0n) is 17.4. The molecule has 1 radical (unpaired) electrons. The summed E-state index contributed by atoms with van der Waals surface area (Å²) in [7, 11) is 0. The van der Waals surface area contributed by atoms with E-state index in [0.717, 1.165) is 18.4 Å². The first-order valence-electron chi connectivity index (χ1n) is 11.6. The number of allylic oxidation sites excluding steroid dienone is 2. The fourth-order valence-electron chi connectivity index (χ4n) is 3.71. The van der Waals surface area contributed by atoms with Gasteiger partial charge in [-0.05, 0) is 0 Å². The average Bonchev–Trinajstić information content (AvgIpc) is 3.19. The van der Waals surface area contributed by atoms with E-state index < -0.39 is 0 Å². The molecule has 1 heterocycles. The van der Waals surface area contributed by atoms with Crippen LogP contribution in [0, 0.1) is 0 Å². The van der Waals surface area contributed by atoms with E-state index in [4.69, 9.17) is 0 Å². The first-order chi connectivity index (χ1) is 12.8. The molecule has 0 amide bonds. The molecular weight excluding hydrogens is 374 g/mol. The van der Waals surface area contributed by atoms with Crippen molar-refractivity contribution in [3.63, 3.8) is 0 Å². The number of unbranched alkanes of at least 4 members (excludes halogenated alkanes) is 16. The molecule has 1 aliphatic heterocycles. The first kappa shape index (κ1) is 23.8. The third-order valence-electron chi connectivity index (χ3n) is 5.49. The number of hydrogen-bond donors (Lipinski definition) is 0. The molecule has 0 aromatic carbocycles. The van der Waals surface area contributed by atoms with Gasteiger partial charge in [0.1, 0.15) is 0 Å². The van der Waals surface area contributed by atoms with Crippen molar-refractivity contribution in [2.75, 3.05) is 0 Å². The van der Waals surface area contributed by atoms with E-state index in [2.05, 4.69) is 22.3 Å². The Kier molecular flexibility index (Phi) is 16.6. The van der Waals surface area contributed by atoms with Crippen molar-refractivity contribution >= 4 is 23.2 Å². The molecule has 0 fully saturated rings. The van der Waals surface area contributed by atoms with Crippen LogP contribution in [0.25, 0.3) is 0 Å². The van der Waals surface area contributed by atoms with Gasteiger partial charge in [0.15, 0.2) is 0 Å². The van der Waals surface area contributed by atoms with Gasteiger partial charge in [0.25, 0.3) is 0 Å². The van der Waals surface area contributed by atoms with E-state index in [1.54, 1.807) is 0 Å². The van der Waals surface area contributed by atoms with Gasteiger partial charge < -0.3 is 0 Å². The van der Waals surface area contributed by atoms with Crippen molar-refractivity contribution in [3.05, 3.63) is 20.9 Å². The number of carbonyl (C=O) groups excluding carboxylic acids is 1. The van der Waals surface area contributed by atoms with E-state index in [-0.39, 0.29) is 17.4 Å². The Bertz CT molecular complexity index is 397. The monoisotopic (exact) mass is 415 g/mol. The molecule has 1 rings (SSSR count). The molecule has 1 aliphatic rings. The fraction of sp³-hybridized carbons (Fsp3) is 0.792. The van der Waals surface area contributed by atoms with E-state index in [9.17, 15) is 4.79 Å². The van der Waals surface area contributed by atoms with Gasteiger partial charge in [-0.1, -0.05) is 64.7 Å². The summed E-state index contributed by atoms with van der Waals surface area (Å²) in [6.07, 6.45) is 26.5. The number of hydrogen-bond acceptors (Lipinski definition) is 1. The molecule has 0 unspecified atom stereocenters. The summed E-state index contributed by atoms with van der Waals surface area (Å²) in [5, 5.41) is 0. The second-order valence-corrected chi connectivity index (χ2v) is 10.3. The molecule has 0 aromatic rings. The van der Waals surface area contributed by atoms with Crippen molar-refractivity contribution in [1.29, 1.82) is 0 Å². The molecule has 2 heteroatoms. The Hall–Kier alpha value is -0.214. The van der Waals surface area contributed by atoms with Crippen LogP contribution in [0.5, 0.6) is 0 Å². The molecule has 0 N–H and O–H groups in total. The molecule has 0 spiro atoms. The van der Waals surface area contributed by atoms with Crippen LogP contribution >= 0.6 is 0 Å². The SMILES string of the molecule is CCCCCCCCCCCCCCCCCCCC(=O)C1=[CH][Ga][CH]=C1. The van der Waals surface area contributed by atoms with Gasteiger partial charge in [0.2, 0.25) is 0 Å². The van der Waals surface area contributed by atoms with Crippen LogP contribution < -0.4 is 0 Å². The van der Waals surface area contributed by atoms with Crippen molar-refractivity contribution < 1.29 is 4.79 Å². The third kappa shape index (κ3) is 13.9. The molecular formula is C24H42GaO. The summed E-state index contributed by atoms with van der Waals surface area (Å²) in [4.78, 5) is 11.9. The molecule has 0 aliphatic carbocycles. The van der Waals surface area contributed by atoms with Crippen LogP contribution in [0.1, 0.15) is 122 Å². The quantitative estimate of drug-likeness (QED) is 0.156. The molecule has 0 aromatic heterocycles. The Labute approximate surface area is 171 Å². The Morgan fingerprint density at radius 2 is 1.12 bits per heavy atom. The number of carbonyl (C=O) groups is 1. The fourth-order valence-corrected chi connectivity index (χ4v) is 5.67. The van der Waals surface area contributed by atoms with Gasteiger partial charge >= 0.3 is 107 Å². The van der Waals surface area contributed by atoms with E-state index in [0.29, 0.717) is 5.78 Å². The van der Waals surface area contributed by atoms with Crippen molar-refractivity contribution in [2.24, 2.45) is 0 Å². The Morgan fingerprint density at radius 3 is 1.50 bits per heavy atom. The molecule has 0 saturated carbocycles. The van der Waals surface area contributed by atoms with E-state index >= 15 is 0 Å². The van der Waals surface area contributed by atoms with Crippen LogP contribution in [0.15, 0.2) is 20.9 Å². The summed E-state index contributed by atoms with van der Waals surface area (Å²) in [5.74, 6) is 0.386. The maximum absolute atomic E-state index is 11.9. The average molecular weight is 416 g/mol. The summed E-state index contributed by atoms with van der Waals surface area (Å²) in [6.45, 7) is 2.29.